The minimum Gasteiger partial charge on any atom is -0.494 e. The van der Waals surface area contributed by atoms with Crippen molar-refractivity contribution in [3.8, 4) is 5.75 Å². The van der Waals surface area contributed by atoms with Crippen molar-refractivity contribution >= 4 is 18.0 Å². The number of unbranched alkanes of at least 4 members (excludes halogenated alkanes) is 3. The predicted octanol–water partition coefficient (Wildman–Crippen LogP) is 3.24. The SMILES string of the molecule is C=C(C)C(=O)OCCCCCCOc1ccc(/C=C/C(N)=O)cc1. The molecule has 0 aliphatic carbocycles. The van der Waals surface area contributed by atoms with E-state index in [9.17, 15) is 9.59 Å². The van der Waals surface area contributed by atoms with Gasteiger partial charge in [-0.05, 0) is 56.4 Å². The molecule has 0 bridgehead atoms. The maximum atomic E-state index is 11.2. The van der Waals surface area contributed by atoms with Gasteiger partial charge in [0.2, 0.25) is 5.91 Å². The largest absolute Gasteiger partial charge is 0.494 e. The number of benzene rings is 1. The first-order chi connectivity index (χ1) is 11.5. The fraction of sp³-hybridized carbons (Fsp3) is 0.368. The van der Waals surface area contributed by atoms with E-state index in [0.717, 1.165) is 37.0 Å². The van der Waals surface area contributed by atoms with Gasteiger partial charge in [-0.2, -0.15) is 0 Å². The molecule has 0 atom stereocenters. The van der Waals surface area contributed by atoms with E-state index in [4.69, 9.17) is 15.2 Å². The molecule has 0 spiro atoms. The zero-order valence-electron chi connectivity index (χ0n) is 14.1. The van der Waals surface area contributed by atoms with Gasteiger partial charge in [0.25, 0.3) is 0 Å². The molecule has 1 amide bonds. The Bertz CT molecular complexity index is 576. The lowest BCUT2D eigenvalue weighted by atomic mass is 10.2. The first-order valence-electron chi connectivity index (χ1n) is 8.02. The third kappa shape index (κ3) is 8.78. The highest BCUT2D eigenvalue weighted by atomic mass is 16.5. The first kappa shape index (κ1) is 19.5. The Kier molecular flexibility index (Phi) is 8.97. The summed E-state index contributed by atoms with van der Waals surface area (Å²) < 4.78 is 10.7. The number of esters is 1. The quantitative estimate of drug-likeness (QED) is 0.383. The topological polar surface area (TPSA) is 78.6 Å². The van der Waals surface area contributed by atoms with Gasteiger partial charge in [-0.15, -0.1) is 0 Å². The molecule has 0 aliphatic heterocycles. The normalized spacial score (nSPS) is 10.5. The molecule has 1 rings (SSSR count). The number of carbonyl (C=O) groups excluding carboxylic acids is 2. The fourth-order valence-electron chi connectivity index (χ4n) is 1.89. The summed E-state index contributed by atoms with van der Waals surface area (Å²) in [6.07, 6.45) is 6.78. The molecule has 0 saturated heterocycles. The van der Waals surface area contributed by atoms with Gasteiger partial charge in [0.05, 0.1) is 13.2 Å². The van der Waals surface area contributed by atoms with Gasteiger partial charge in [0.1, 0.15) is 5.75 Å². The van der Waals surface area contributed by atoms with Crippen molar-refractivity contribution in [1.29, 1.82) is 0 Å². The summed E-state index contributed by atoms with van der Waals surface area (Å²) in [5, 5.41) is 0. The number of carbonyl (C=O) groups is 2. The highest BCUT2D eigenvalue weighted by Crippen LogP contribution is 2.14. The van der Waals surface area contributed by atoms with E-state index in [2.05, 4.69) is 6.58 Å². The molecule has 1 aromatic rings. The van der Waals surface area contributed by atoms with E-state index >= 15 is 0 Å². The van der Waals surface area contributed by atoms with E-state index in [-0.39, 0.29) is 5.97 Å². The molecule has 5 heteroatoms. The molecule has 0 aliphatic rings. The van der Waals surface area contributed by atoms with E-state index in [1.54, 1.807) is 13.0 Å². The van der Waals surface area contributed by atoms with Gasteiger partial charge >= 0.3 is 5.97 Å². The smallest absolute Gasteiger partial charge is 0.333 e. The van der Waals surface area contributed by atoms with Crippen LogP contribution in [0.5, 0.6) is 5.75 Å². The fourth-order valence-corrected chi connectivity index (χ4v) is 1.89. The van der Waals surface area contributed by atoms with Gasteiger partial charge in [0.15, 0.2) is 0 Å². The summed E-state index contributed by atoms with van der Waals surface area (Å²) in [7, 11) is 0. The van der Waals surface area contributed by atoms with Crippen molar-refractivity contribution in [1.82, 2.24) is 0 Å². The number of rotatable bonds is 11. The molecule has 0 heterocycles. The van der Waals surface area contributed by atoms with Gasteiger partial charge in [-0.3, -0.25) is 4.79 Å². The summed E-state index contributed by atoms with van der Waals surface area (Å²) in [4.78, 5) is 21.8. The molecule has 0 aromatic heterocycles. The van der Waals surface area contributed by atoms with Crippen LogP contribution < -0.4 is 10.5 Å². The zero-order valence-corrected chi connectivity index (χ0v) is 14.1. The summed E-state index contributed by atoms with van der Waals surface area (Å²) in [6, 6.07) is 7.45. The van der Waals surface area contributed by atoms with Crippen LogP contribution in [-0.4, -0.2) is 25.1 Å². The van der Waals surface area contributed by atoms with Crippen molar-refractivity contribution < 1.29 is 19.1 Å². The second-order valence-corrected chi connectivity index (χ2v) is 5.48. The van der Waals surface area contributed by atoms with E-state index in [1.165, 1.54) is 6.08 Å². The van der Waals surface area contributed by atoms with E-state index in [0.29, 0.717) is 18.8 Å². The van der Waals surface area contributed by atoms with Crippen LogP contribution >= 0.6 is 0 Å². The maximum absolute atomic E-state index is 11.2. The molecule has 0 fully saturated rings. The summed E-state index contributed by atoms with van der Waals surface area (Å²) in [6.45, 7) is 6.25. The molecule has 0 saturated carbocycles. The van der Waals surface area contributed by atoms with Crippen molar-refractivity contribution in [2.24, 2.45) is 5.73 Å². The first-order valence-corrected chi connectivity index (χ1v) is 8.02. The average molecular weight is 331 g/mol. The lowest BCUT2D eigenvalue weighted by molar-refractivity contribution is -0.139. The second kappa shape index (κ2) is 11.0. The number of ether oxygens (including phenoxy) is 2. The van der Waals surface area contributed by atoms with Crippen molar-refractivity contribution in [2.75, 3.05) is 13.2 Å². The van der Waals surface area contributed by atoms with Gasteiger partial charge in [0, 0.05) is 11.6 Å². The van der Waals surface area contributed by atoms with Gasteiger partial charge in [-0.1, -0.05) is 18.7 Å². The molecule has 130 valence electrons. The Labute approximate surface area is 143 Å². The Balaban J connectivity index is 2.10. The van der Waals surface area contributed by atoms with Crippen molar-refractivity contribution in [2.45, 2.75) is 32.6 Å². The third-order valence-corrected chi connectivity index (χ3v) is 3.21. The minimum atomic E-state index is -0.468. The number of hydrogen-bond acceptors (Lipinski definition) is 4. The molecule has 24 heavy (non-hydrogen) atoms. The molecular weight excluding hydrogens is 306 g/mol. The maximum Gasteiger partial charge on any atom is 0.333 e. The van der Waals surface area contributed by atoms with Crippen LogP contribution in [0.2, 0.25) is 0 Å². The van der Waals surface area contributed by atoms with E-state index in [1.807, 2.05) is 24.3 Å². The second-order valence-electron chi connectivity index (χ2n) is 5.48. The molecular formula is C19H25NO4. The van der Waals surface area contributed by atoms with Crippen LogP contribution in [0.4, 0.5) is 0 Å². The predicted molar refractivity (Wildman–Crippen MR) is 94.4 cm³/mol. The highest BCUT2D eigenvalue weighted by molar-refractivity contribution is 5.90. The number of hydrogen-bond donors (Lipinski definition) is 1. The number of nitrogens with two attached hydrogens (primary N) is 1. The minimum absolute atomic E-state index is 0.326. The zero-order chi connectivity index (χ0) is 17.8. The Hall–Kier alpha value is -2.56. The molecule has 1 aromatic carbocycles. The molecule has 0 unspecified atom stereocenters. The van der Waals surface area contributed by atoms with Crippen LogP contribution in [-0.2, 0) is 14.3 Å². The van der Waals surface area contributed by atoms with Crippen LogP contribution in [0.25, 0.3) is 6.08 Å². The molecule has 2 N–H and O–H groups in total. The summed E-state index contributed by atoms with van der Waals surface area (Å²) in [5.41, 5.74) is 6.37. The Morgan fingerprint density at radius 1 is 1.08 bits per heavy atom. The Morgan fingerprint density at radius 2 is 1.71 bits per heavy atom. The van der Waals surface area contributed by atoms with Crippen molar-refractivity contribution in [3.05, 3.63) is 48.1 Å². The monoisotopic (exact) mass is 331 g/mol. The van der Waals surface area contributed by atoms with Crippen LogP contribution in [0.3, 0.4) is 0 Å². The standard InChI is InChI=1S/C19H25NO4/c1-15(2)19(22)24-14-6-4-3-5-13-23-17-10-7-16(8-11-17)9-12-18(20)21/h7-12H,1,3-6,13-14H2,2H3,(H2,20,21)/b12-9+. The van der Waals surface area contributed by atoms with Crippen LogP contribution in [0, 0.1) is 0 Å². The summed E-state index contributed by atoms with van der Waals surface area (Å²) >= 11 is 0. The van der Waals surface area contributed by atoms with Crippen LogP contribution in [0.1, 0.15) is 38.2 Å². The van der Waals surface area contributed by atoms with Crippen molar-refractivity contribution in [3.63, 3.8) is 0 Å². The van der Waals surface area contributed by atoms with Gasteiger partial charge < -0.3 is 15.2 Å². The molecule has 5 nitrogen and oxygen atoms in total. The summed E-state index contributed by atoms with van der Waals surface area (Å²) in [5.74, 6) is -0.00112. The van der Waals surface area contributed by atoms with Crippen LogP contribution in [0.15, 0.2) is 42.5 Å². The Morgan fingerprint density at radius 3 is 2.29 bits per heavy atom. The third-order valence-electron chi connectivity index (χ3n) is 3.21. The lowest BCUT2D eigenvalue weighted by Crippen LogP contribution is -2.06. The number of primary amides is 1. The molecule has 0 radical (unpaired) electrons. The number of amides is 1. The van der Waals surface area contributed by atoms with Gasteiger partial charge in [-0.25, -0.2) is 4.79 Å². The highest BCUT2D eigenvalue weighted by Gasteiger charge is 2.01. The lowest BCUT2D eigenvalue weighted by Gasteiger charge is -2.07. The average Bonchev–Trinajstić information content (AvgIpc) is 2.56. The van der Waals surface area contributed by atoms with E-state index < -0.39 is 5.91 Å².